The maximum Gasteiger partial charge on any atom is 0.253 e. The van der Waals surface area contributed by atoms with Crippen LogP contribution in [0.4, 0.5) is 4.39 Å². The van der Waals surface area contributed by atoms with E-state index in [1.807, 2.05) is 0 Å². The summed E-state index contributed by atoms with van der Waals surface area (Å²) in [6.07, 6.45) is 2.29. The lowest BCUT2D eigenvalue weighted by Crippen LogP contribution is -2.35. The Bertz CT molecular complexity index is 330. The van der Waals surface area contributed by atoms with Gasteiger partial charge < -0.3 is 10.4 Å². The molecule has 1 aromatic heterocycles. The highest BCUT2D eigenvalue weighted by atomic mass is 19.1. The van der Waals surface area contributed by atoms with Crippen molar-refractivity contribution >= 4 is 5.91 Å². The first kappa shape index (κ1) is 10.6. The largest absolute Gasteiger partial charge is 0.394 e. The van der Waals surface area contributed by atoms with Crippen molar-refractivity contribution in [1.29, 1.82) is 0 Å². The van der Waals surface area contributed by atoms with Crippen molar-refractivity contribution in [2.75, 3.05) is 6.61 Å². The van der Waals surface area contributed by atoms with Gasteiger partial charge in [0.15, 0.2) is 0 Å². The van der Waals surface area contributed by atoms with Crippen LogP contribution in [0.15, 0.2) is 18.5 Å². The number of aliphatic hydroxyl groups excluding tert-OH is 1. The van der Waals surface area contributed by atoms with Crippen LogP contribution in [-0.2, 0) is 0 Å². The molecule has 5 heteroatoms. The monoisotopic (exact) mass is 198 g/mol. The summed E-state index contributed by atoms with van der Waals surface area (Å²) >= 11 is 0. The van der Waals surface area contributed by atoms with Gasteiger partial charge in [-0.05, 0) is 13.0 Å². The molecule has 1 heterocycles. The third kappa shape index (κ3) is 2.77. The quantitative estimate of drug-likeness (QED) is 0.735. The minimum atomic E-state index is -0.561. The zero-order valence-electron chi connectivity index (χ0n) is 7.70. The van der Waals surface area contributed by atoms with Crippen LogP contribution < -0.4 is 5.32 Å². The van der Waals surface area contributed by atoms with E-state index < -0.39 is 11.7 Å². The number of carbonyl (C=O) groups excluding carboxylic acids is 1. The van der Waals surface area contributed by atoms with Gasteiger partial charge in [0.25, 0.3) is 5.91 Å². The second-order valence-corrected chi connectivity index (χ2v) is 2.95. The smallest absolute Gasteiger partial charge is 0.253 e. The number of aliphatic hydroxyl groups is 1. The average Bonchev–Trinajstić information content (AvgIpc) is 2.17. The molecule has 1 aromatic rings. The summed E-state index contributed by atoms with van der Waals surface area (Å²) in [7, 11) is 0. The van der Waals surface area contributed by atoms with Crippen molar-refractivity contribution in [3.63, 3.8) is 0 Å². The summed E-state index contributed by atoms with van der Waals surface area (Å²) in [5.74, 6) is -1.01. The Labute approximate surface area is 80.8 Å². The molecule has 0 saturated heterocycles. The molecule has 0 aliphatic carbocycles. The third-order valence-electron chi connectivity index (χ3n) is 1.62. The normalized spacial score (nSPS) is 12.2. The van der Waals surface area contributed by atoms with Gasteiger partial charge >= 0.3 is 0 Å². The fourth-order valence-corrected chi connectivity index (χ4v) is 0.889. The van der Waals surface area contributed by atoms with E-state index in [0.717, 1.165) is 12.3 Å². The summed E-state index contributed by atoms with van der Waals surface area (Å²) in [6, 6.07) is 0.734. The van der Waals surface area contributed by atoms with Crippen LogP contribution in [0.1, 0.15) is 17.3 Å². The van der Waals surface area contributed by atoms with Gasteiger partial charge in [0.2, 0.25) is 0 Å². The topological polar surface area (TPSA) is 62.2 Å². The van der Waals surface area contributed by atoms with Gasteiger partial charge in [-0.3, -0.25) is 9.78 Å². The number of hydrogen-bond donors (Lipinski definition) is 2. The van der Waals surface area contributed by atoms with E-state index in [0.29, 0.717) is 0 Å². The van der Waals surface area contributed by atoms with Gasteiger partial charge in [-0.2, -0.15) is 0 Å². The van der Waals surface area contributed by atoms with E-state index in [1.165, 1.54) is 6.20 Å². The van der Waals surface area contributed by atoms with Crippen LogP contribution in [0.2, 0.25) is 0 Å². The predicted molar refractivity (Wildman–Crippen MR) is 48.2 cm³/mol. The van der Waals surface area contributed by atoms with Crippen molar-refractivity contribution in [3.8, 4) is 0 Å². The fourth-order valence-electron chi connectivity index (χ4n) is 0.889. The van der Waals surface area contributed by atoms with E-state index in [9.17, 15) is 9.18 Å². The Kier molecular flexibility index (Phi) is 3.53. The molecule has 0 radical (unpaired) electrons. The number of aromatic nitrogens is 1. The summed E-state index contributed by atoms with van der Waals surface area (Å²) in [4.78, 5) is 14.9. The lowest BCUT2D eigenvalue weighted by Gasteiger charge is -2.09. The second kappa shape index (κ2) is 4.66. The maximum absolute atomic E-state index is 12.7. The number of hydrogen-bond acceptors (Lipinski definition) is 3. The Morgan fingerprint density at radius 2 is 2.43 bits per heavy atom. The van der Waals surface area contributed by atoms with Crippen molar-refractivity contribution in [1.82, 2.24) is 10.3 Å². The van der Waals surface area contributed by atoms with E-state index >= 15 is 0 Å². The lowest BCUT2D eigenvalue weighted by atomic mass is 10.2. The summed E-state index contributed by atoms with van der Waals surface area (Å²) in [5, 5.41) is 11.2. The molecule has 0 aromatic carbocycles. The molecule has 0 aliphatic heterocycles. The molecule has 76 valence electrons. The van der Waals surface area contributed by atoms with Gasteiger partial charge in [0, 0.05) is 12.2 Å². The molecular weight excluding hydrogens is 187 g/mol. The number of amides is 1. The highest BCUT2D eigenvalue weighted by Gasteiger charge is 2.09. The molecule has 1 rings (SSSR count). The number of halogens is 1. The first-order valence-electron chi connectivity index (χ1n) is 4.15. The molecule has 0 saturated carbocycles. The molecule has 0 unspecified atom stereocenters. The molecule has 2 N–H and O–H groups in total. The molecule has 1 atom stereocenters. The second-order valence-electron chi connectivity index (χ2n) is 2.95. The van der Waals surface area contributed by atoms with E-state index in [1.54, 1.807) is 6.92 Å². The number of carbonyl (C=O) groups is 1. The van der Waals surface area contributed by atoms with Crippen molar-refractivity contribution in [3.05, 3.63) is 29.8 Å². The number of pyridine rings is 1. The standard InChI is InChI=1S/C9H11FN2O2/c1-6(5-13)12-9(14)7-2-8(10)4-11-3-7/h2-4,6,13H,5H2,1H3,(H,12,14)/t6-/m0/s1. The summed E-state index contributed by atoms with van der Waals surface area (Å²) in [6.45, 7) is 1.49. The van der Waals surface area contributed by atoms with Crippen LogP contribution in [0, 0.1) is 5.82 Å². The van der Waals surface area contributed by atoms with Gasteiger partial charge in [-0.15, -0.1) is 0 Å². The van der Waals surface area contributed by atoms with Crippen molar-refractivity contribution in [2.24, 2.45) is 0 Å². The Morgan fingerprint density at radius 3 is 3.00 bits per heavy atom. The van der Waals surface area contributed by atoms with Gasteiger partial charge in [0.1, 0.15) is 5.82 Å². The lowest BCUT2D eigenvalue weighted by molar-refractivity contribution is 0.0921. The molecule has 14 heavy (non-hydrogen) atoms. The number of nitrogens with one attached hydrogen (secondary N) is 1. The molecule has 4 nitrogen and oxygen atoms in total. The minimum absolute atomic E-state index is 0.144. The Hall–Kier alpha value is -1.49. The van der Waals surface area contributed by atoms with E-state index in [-0.39, 0.29) is 18.2 Å². The van der Waals surface area contributed by atoms with Gasteiger partial charge in [-0.1, -0.05) is 0 Å². The Balaban J connectivity index is 2.70. The van der Waals surface area contributed by atoms with Gasteiger partial charge in [-0.25, -0.2) is 4.39 Å². The molecular formula is C9H11FN2O2. The Morgan fingerprint density at radius 1 is 1.71 bits per heavy atom. The van der Waals surface area contributed by atoms with Crippen LogP contribution in [-0.4, -0.2) is 28.6 Å². The van der Waals surface area contributed by atoms with E-state index in [2.05, 4.69) is 10.3 Å². The number of rotatable bonds is 3. The third-order valence-corrected chi connectivity index (χ3v) is 1.62. The zero-order chi connectivity index (χ0) is 10.6. The molecule has 0 spiro atoms. The van der Waals surface area contributed by atoms with Crippen molar-refractivity contribution in [2.45, 2.75) is 13.0 Å². The highest BCUT2D eigenvalue weighted by molar-refractivity contribution is 5.94. The van der Waals surface area contributed by atoms with Crippen LogP contribution in [0.3, 0.4) is 0 Å². The average molecular weight is 198 g/mol. The predicted octanol–water partition coefficient (Wildman–Crippen LogP) is 0.331. The van der Waals surface area contributed by atoms with Crippen LogP contribution in [0.25, 0.3) is 0 Å². The summed E-state index contributed by atoms with van der Waals surface area (Å²) < 4.78 is 12.7. The molecule has 0 fully saturated rings. The minimum Gasteiger partial charge on any atom is -0.394 e. The maximum atomic E-state index is 12.7. The van der Waals surface area contributed by atoms with Crippen LogP contribution >= 0.6 is 0 Å². The first-order valence-corrected chi connectivity index (χ1v) is 4.15. The SMILES string of the molecule is C[C@@H](CO)NC(=O)c1cncc(F)c1. The zero-order valence-corrected chi connectivity index (χ0v) is 7.70. The van der Waals surface area contributed by atoms with E-state index in [4.69, 9.17) is 5.11 Å². The van der Waals surface area contributed by atoms with Crippen LogP contribution in [0.5, 0.6) is 0 Å². The van der Waals surface area contributed by atoms with Gasteiger partial charge in [0.05, 0.1) is 18.4 Å². The molecule has 0 aliphatic rings. The highest BCUT2D eigenvalue weighted by Crippen LogP contribution is 2.00. The first-order chi connectivity index (χ1) is 6.63. The molecule has 1 amide bonds. The fraction of sp³-hybridized carbons (Fsp3) is 0.333. The summed E-state index contributed by atoms with van der Waals surface area (Å²) in [5.41, 5.74) is 0.144. The van der Waals surface area contributed by atoms with Crippen molar-refractivity contribution < 1.29 is 14.3 Å². The molecule has 0 bridgehead atoms. The number of nitrogens with zero attached hydrogens (tertiary/aromatic N) is 1.